The van der Waals surface area contributed by atoms with Gasteiger partial charge in [0.25, 0.3) is 0 Å². The Hall–Kier alpha value is -7.16. The van der Waals surface area contributed by atoms with Crippen molar-refractivity contribution in [2.24, 2.45) is 0 Å². The van der Waals surface area contributed by atoms with Crippen molar-refractivity contribution in [1.82, 2.24) is 0 Å². The Morgan fingerprint density at radius 3 is 0.982 bits per heavy atom. The molecule has 0 heterocycles. The molecule has 0 N–H and O–H groups in total. The summed E-state index contributed by atoms with van der Waals surface area (Å²) in [5, 5.41) is 0. The summed E-state index contributed by atoms with van der Waals surface area (Å²) < 4.78 is 0. The summed E-state index contributed by atoms with van der Waals surface area (Å²) in [6, 6.07) is 73.3. The molecule has 0 atom stereocenters. The fraction of sp³-hybridized carbons (Fsp3) is 0.0370. The van der Waals surface area contributed by atoms with E-state index in [4.69, 9.17) is 0 Å². The molecule has 56 heavy (non-hydrogen) atoms. The molecule has 0 radical (unpaired) electrons. The van der Waals surface area contributed by atoms with Gasteiger partial charge in [-0.25, -0.2) is 0 Å². The lowest BCUT2D eigenvalue weighted by molar-refractivity contribution is 1.24. The average molecular weight is 721 g/mol. The number of para-hydroxylation sites is 4. The first kappa shape index (κ1) is 35.8. The molecule has 0 saturated carbocycles. The molecule has 0 aliphatic carbocycles. The molecular weight excluding hydrogens is 677 g/mol. The van der Waals surface area contributed by atoms with Crippen LogP contribution in [0, 0.1) is 13.8 Å². The summed E-state index contributed by atoms with van der Waals surface area (Å²) in [7, 11) is 0. The minimum Gasteiger partial charge on any atom is -0.310 e. The minimum absolute atomic E-state index is 1.10. The van der Waals surface area contributed by atoms with E-state index in [1.807, 2.05) is 0 Å². The lowest BCUT2D eigenvalue weighted by Gasteiger charge is -2.29. The molecule has 0 spiro atoms. The zero-order chi connectivity index (χ0) is 38.1. The van der Waals surface area contributed by atoms with Crippen LogP contribution < -0.4 is 9.80 Å². The lowest BCUT2D eigenvalue weighted by atomic mass is 10.0. The second kappa shape index (κ2) is 16.9. The van der Waals surface area contributed by atoms with Gasteiger partial charge in [-0.3, -0.25) is 0 Å². The molecule has 8 aromatic carbocycles. The first-order valence-electron chi connectivity index (χ1n) is 19.2. The third-order valence-electron chi connectivity index (χ3n) is 10.2. The summed E-state index contributed by atoms with van der Waals surface area (Å²) in [4.78, 5) is 4.74. The van der Waals surface area contributed by atoms with Crippen LogP contribution in [0.3, 0.4) is 0 Å². The molecule has 270 valence electrons. The third-order valence-corrected chi connectivity index (χ3v) is 10.2. The maximum Gasteiger partial charge on any atom is 0.0534 e. The number of anilines is 6. The molecule has 0 aromatic heterocycles. The summed E-state index contributed by atoms with van der Waals surface area (Å²) in [5.74, 6) is 0. The Labute approximate surface area is 331 Å². The number of benzene rings is 8. The maximum absolute atomic E-state index is 2.37. The van der Waals surface area contributed by atoms with Gasteiger partial charge in [0, 0.05) is 22.7 Å². The first-order chi connectivity index (χ1) is 27.6. The topological polar surface area (TPSA) is 6.48 Å². The van der Waals surface area contributed by atoms with Crippen LogP contribution in [0.2, 0.25) is 0 Å². The molecule has 2 nitrogen and oxygen atoms in total. The van der Waals surface area contributed by atoms with Crippen molar-refractivity contribution in [3.8, 4) is 11.1 Å². The van der Waals surface area contributed by atoms with E-state index in [2.05, 4.69) is 254 Å². The number of nitrogens with zero attached hydrogens (tertiary/aromatic N) is 2. The fourth-order valence-electron chi connectivity index (χ4n) is 7.21. The summed E-state index contributed by atoms with van der Waals surface area (Å²) in [6.07, 6.45) is 8.79. The zero-order valence-corrected chi connectivity index (χ0v) is 31.8. The van der Waals surface area contributed by atoms with Gasteiger partial charge in [0.2, 0.25) is 0 Å². The summed E-state index contributed by atoms with van der Waals surface area (Å²) >= 11 is 0. The highest BCUT2D eigenvalue weighted by Gasteiger charge is 2.19. The minimum atomic E-state index is 1.10. The van der Waals surface area contributed by atoms with E-state index >= 15 is 0 Å². The van der Waals surface area contributed by atoms with Crippen molar-refractivity contribution in [3.05, 3.63) is 240 Å². The van der Waals surface area contributed by atoms with E-state index in [0.29, 0.717) is 0 Å². The van der Waals surface area contributed by atoms with Gasteiger partial charge in [0.15, 0.2) is 0 Å². The third kappa shape index (κ3) is 8.01. The predicted molar refractivity (Wildman–Crippen MR) is 241 cm³/mol. The Bertz CT molecular complexity index is 2400. The maximum atomic E-state index is 2.37. The molecule has 0 saturated heterocycles. The average Bonchev–Trinajstić information content (AvgIpc) is 3.26. The van der Waals surface area contributed by atoms with Crippen LogP contribution in [-0.2, 0) is 0 Å². The number of rotatable bonds is 11. The van der Waals surface area contributed by atoms with Gasteiger partial charge >= 0.3 is 0 Å². The highest BCUT2D eigenvalue weighted by atomic mass is 15.2. The summed E-state index contributed by atoms with van der Waals surface area (Å²) in [6.45, 7) is 4.36. The molecule has 0 aliphatic rings. The van der Waals surface area contributed by atoms with Gasteiger partial charge < -0.3 is 9.80 Å². The van der Waals surface area contributed by atoms with Crippen LogP contribution in [-0.4, -0.2) is 0 Å². The highest BCUT2D eigenvalue weighted by molar-refractivity contribution is 5.89. The van der Waals surface area contributed by atoms with Crippen molar-refractivity contribution >= 4 is 58.4 Å². The quantitative estimate of drug-likeness (QED) is 0.123. The van der Waals surface area contributed by atoms with Crippen LogP contribution in [0.4, 0.5) is 34.1 Å². The van der Waals surface area contributed by atoms with Gasteiger partial charge in [0.05, 0.1) is 11.4 Å². The standard InChI is InChI=1S/C54H44N2/c1-41-17-9-13-25-51(41)55(53-27-15-11-23-47(53)31-29-43-19-5-3-6-20-43)49-37-33-45(34-38-49)46-35-39-50(40-36-46)56(52-26-14-10-18-42(52)2)54-28-16-12-24-48(54)32-30-44-21-7-4-8-22-44/h3-40H,1-2H3/b31-29+,32-30+. The Kier molecular flexibility index (Phi) is 10.8. The molecule has 2 heteroatoms. The van der Waals surface area contributed by atoms with Crippen molar-refractivity contribution < 1.29 is 0 Å². The normalized spacial score (nSPS) is 11.2. The van der Waals surface area contributed by atoms with Crippen molar-refractivity contribution in [2.45, 2.75) is 13.8 Å². The van der Waals surface area contributed by atoms with Crippen molar-refractivity contribution in [1.29, 1.82) is 0 Å². The van der Waals surface area contributed by atoms with E-state index in [1.54, 1.807) is 0 Å². The van der Waals surface area contributed by atoms with Crippen LogP contribution in [0.5, 0.6) is 0 Å². The van der Waals surface area contributed by atoms with Crippen LogP contribution >= 0.6 is 0 Å². The SMILES string of the molecule is Cc1ccccc1N(c1ccc(-c2ccc(N(c3ccccc3C)c3ccccc3/C=C/c3ccccc3)cc2)cc1)c1ccccc1/C=C/c1ccccc1. The molecule has 0 fully saturated rings. The molecule has 0 unspecified atom stereocenters. The molecule has 8 rings (SSSR count). The van der Waals surface area contributed by atoms with Crippen molar-refractivity contribution in [3.63, 3.8) is 0 Å². The Morgan fingerprint density at radius 2 is 0.607 bits per heavy atom. The number of hydrogen-bond acceptors (Lipinski definition) is 2. The van der Waals surface area contributed by atoms with Crippen molar-refractivity contribution in [2.75, 3.05) is 9.80 Å². The number of hydrogen-bond donors (Lipinski definition) is 0. The van der Waals surface area contributed by atoms with Crippen LogP contribution in [0.15, 0.2) is 206 Å². The first-order valence-corrected chi connectivity index (χ1v) is 19.2. The van der Waals surface area contributed by atoms with Gasteiger partial charge in [-0.15, -0.1) is 0 Å². The highest BCUT2D eigenvalue weighted by Crippen LogP contribution is 2.42. The van der Waals surface area contributed by atoms with E-state index in [9.17, 15) is 0 Å². The molecular formula is C54H44N2. The van der Waals surface area contributed by atoms with Gasteiger partial charge in [-0.05, 0) is 107 Å². The van der Waals surface area contributed by atoms with E-state index in [-0.39, 0.29) is 0 Å². The lowest BCUT2D eigenvalue weighted by Crippen LogP contribution is -2.12. The molecule has 0 bridgehead atoms. The second-order valence-corrected chi connectivity index (χ2v) is 13.9. The predicted octanol–water partition coefficient (Wildman–Crippen LogP) is 15.3. The fourth-order valence-corrected chi connectivity index (χ4v) is 7.21. The number of aryl methyl sites for hydroxylation is 2. The van der Waals surface area contributed by atoms with E-state index in [1.165, 1.54) is 22.3 Å². The van der Waals surface area contributed by atoms with Gasteiger partial charge in [-0.2, -0.15) is 0 Å². The van der Waals surface area contributed by atoms with Crippen LogP contribution in [0.25, 0.3) is 35.4 Å². The smallest absolute Gasteiger partial charge is 0.0534 e. The van der Waals surface area contributed by atoms with E-state index < -0.39 is 0 Å². The molecule has 0 amide bonds. The Balaban J connectivity index is 1.13. The van der Waals surface area contributed by atoms with Gasteiger partial charge in [0.1, 0.15) is 0 Å². The largest absolute Gasteiger partial charge is 0.310 e. The van der Waals surface area contributed by atoms with E-state index in [0.717, 1.165) is 56.4 Å². The van der Waals surface area contributed by atoms with Crippen LogP contribution in [0.1, 0.15) is 33.4 Å². The monoisotopic (exact) mass is 720 g/mol. The second-order valence-electron chi connectivity index (χ2n) is 13.9. The molecule has 0 aliphatic heterocycles. The Morgan fingerprint density at radius 1 is 0.286 bits per heavy atom. The van der Waals surface area contributed by atoms with Gasteiger partial charge in [-0.1, -0.05) is 182 Å². The summed E-state index contributed by atoms with van der Waals surface area (Å²) in [5.41, 5.74) is 16.2. The molecule has 8 aromatic rings. The zero-order valence-electron chi connectivity index (χ0n) is 31.8.